The molecule has 3 rings (SSSR count). The van der Waals surface area contributed by atoms with Crippen LogP contribution in [0.4, 0.5) is 5.69 Å². The molecule has 0 aliphatic carbocycles. The van der Waals surface area contributed by atoms with Crippen LogP contribution in [0.1, 0.15) is 11.3 Å². The molecule has 90 valence electrons. The van der Waals surface area contributed by atoms with Crippen LogP contribution >= 0.6 is 0 Å². The summed E-state index contributed by atoms with van der Waals surface area (Å²) in [5.41, 5.74) is 4.56. The monoisotopic (exact) mass is 237 g/mol. The first-order valence-corrected chi connectivity index (χ1v) is 6.04. The Labute approximate surface area is 106 Å². The molecule has 0 radical (unpaired) electrons. The number of rotatable bonds is 3. The second-order valence-corrected chi connectivity index (χ2v) is 4.39. The van der Waals surface area contributed by atoms with E-state index in [0.717, 1.165) is 17.9 Å². The van der Waals surface area contributed by atoms with Crippen molar-refractivity contribution in [2.45, 2.75) is 13.5 Å². The Hall–Kier alpha value is -2.29. The standard InChI is InChI=1S/C15H15N3/c1-11-14(3-2-7-16-11)18-10-12-4-5-15-13(9-12)6-8-17-15/h2-9,17-18H,10H2,1H3. The van der Waals surface area contributed by atoms with E-state index >= 15 is 0 Å². The summed E-state index contributed by atoms with van der Waals surface area (Å²) in [6, 6.07) is 12.5. The molecule has 0 spiro atoms. The van der Waals surface area contributed by atoms with Crippen molar-refractivity contribution in [3.63, 3.8) is 0 Å². The lowest BCUT2D eigenvalue weighted by Gasteiger charge is -2.08. The molecule has 18 heavy (non-hydrogen) atoms. The Balaban J connectivity index is 1.78. The van der Waals surface area contributed by atoms with E-state index in [2.05, 4.69) is 45.6 Å². The molecule has 3 nitrogen and oxygen atoms in total. The number of aromatic nitrogens is 2. The molecule has 0 saturated carbocycles. The van der Waals surface area contributed by atoms with Gasteiger partial charge in [-0.3, -0.25) is 4.98 Å². The molecule has 0 bridgehead atoms. The van der Waals surface area contributed by atoms with E-state index in [9.17, 15) is 0 Å². The number of hydrogen-bond acceptors (Lipinski definition) is 2. The maximum absolute atomic E-state index is 4.27. The highest BCUT2D eigenvalue weighted by atomic mass is 14.9. The van der Waals surface area contributed by atoms with E-state index < -0.39 is 0 Å². The molecular formula is C15H15N3. The van der Waals surface area contributed by atoms with Gasteiger partial charge in [0.25, 0.3) is 0 Å². The van der Waals surface area contributed by atoms with Crippen LogP contribution in [0.5, 0.6) is 0 Å². The lowest BCUT2D eigenvalue weighted by molar-refractivity contribution is 1.11. The molecule has 0 aliphatic heterocycles. The molecule has 0 saturated heterocycles. The summed E-state index contributed by atoms with van der Waals surface area (Å²) in [5, 5.41) is 4.66. The zero-order valence-electron chi connectivity index (χ0n) is 10.3. The molecule has 3 heteroatoms. The second kappa shape index (κ2) is 4.53. The molecule has 0 amide bonds. The first-order chi connectivity index (χ1) is 8.83. The number of H-pyrrole nitrogens is 1. The third-order valence-electron chi connectivity index (χ3n) is 3.11. The zero-order chi connectivity index (χ0) is 12.4. The van der Waals surface area contributed by atoms with Crippen molar-refractivity contribution < 1.29 is 0 Å². The molecule has 0 fully saturated rings. The molecule has 0 aliphatic rings. The van der Waals surface area contributed by atoms with Gasteiger partial charge in [0, 0.05) is 24.5 Å². The Morgan fingerprint density at radius 2 is 2.17 bits per heavy atom. The normalized spacial score (nSPS) is 10.7. The number of aryl methyl sites for hydroxylation is 1. The van der Waals surface area contributed by atoms with Gasteiger partial charge in [0.05, 0.1) is 11.4 Å². The lowest BCUT2D eigenvalue weighted by atomic mass is 10.1. The minimum atomic E-state index is 0.813. The minimum Gasteiger partial charge on any atom is -0.380 e. The number of nitrogens with one attached hydrogen (secondary N) is 2. The first-order valence-electron chi connectivity index (χ1n) is 6.04. The minimum absolute atomic E-state index is 0.813. The maximum Gasteiger partial charge on any atom is 0.0603 e. The van der Waals surface area contributed by atoms with Crippen LogP contribution in [0.25, 0.3) is 10.9 Å². The third kappa shape index (κ3) is 2.07. The summed E-state index contributed by atoms with van der Waals surface area (Å²) in [7, 11) is 0. The second-order valence-electron chi connectivity index (χ2n) is 4.39. The van der Waals surface area contributed by atoms with E-state index in [0.29, 0.717) is 0 Å². The fourth-order valence-corrected chi connectivity index (χ4v) is 2.08. The summed E-state index contributed by atoms with van der Waals surface area (Å²) in [6.07, 6.45) is 3.78. The lowest BCUT2D eigenvalue weighted by Crippen LogP contribution is -2.01. The predicted octanol–water partition coefficient (Wildman–Crippen LogP) is 3.48. The topological polar surface area (TPSA) is 40.7 Å². The van der Waals surface area contributed by atoms with E-state index in [-0.39, 0.29) is 0 Å². The maximum atomic E-state index is 4.27. The molecular weight excluding hydrogens is 222 g/mol. The van der Waals surface area contributed by atoms with Gasteiger partial charge in [-0.15, -0.1) is 0 Å². The van der Waals surface area contributed by atoms with E-state index in [4.69, 9.17) is 0 Å². The third-order valence-corrected chi connectivity index (χ3v) is 3.11. The van der Waals surface area contributed by atoms with E-state index in [1.54, 1.807) is 0 Å². The quantitative estimate of drug-likeness (QED) is 0.732. The van der Waals surface area contributed by atoms with Crippen molar-refractivity contribution in [3.05, 3.63) is 60.0 Å². The van der Waals surface area contributed by atoms with E-state index in [1.165, 1.54) is 16.5 Å². The van der Waals surface area contributed by atoms with Crippen LogP contribution in [0.3, 0.4) is 0 Å². The van der Waals surface area contributed by atoms with Crippen molar-refractivity contribution in [2.75, 3.05) is 5.32 Å². The average molecular weight is 237 g/mol. The van der Waals surface area contributed by atoms with Gasteiger partial charge in [0.1, 0.15) is 0 Å². The number of nitrogens with zero attached hydrogens (tertiary/aromatic N) is 1. The zero-order valence-corrected chi connectivity index (χ0v) is 10.3. The fraction of sp³-hybridized carbons (Fsp3) is 0.133. The van der Waals surface area contributed by atoms with Crippen molar-refractivity contribution in [2.24, 2.45) is 0 Å². The SMILES string of the molecule is Cc1ncccc1NCc1ccc2[nH]ccc2c1. The summed E-state index contributed by atoms with van der Waals surface area (Å²) in [4.78, 5) is 7.46. The van der Waals surface area contributed by atoms with Gasteiger partial charge in [-0.1, -0.05) is 6.07 Å². The Morgan fingerprint density at radius 1 is 1.22 bits per heavy atom. The molecule has 2 heterocycles. The summed E-state index contributed by atoms with van der Waals surface area (Å²) >= 11 is 0. The summed E-state index contributed by atoms with van der Waals surface area (Å²) in [6.45, 7) is 2.82. The van der Waals surface area contributed by atoms with E-state index in [1.807, 2.05) is 25.4 Å². The molecule has 0 atom stereocenters. The van der Waals surface area contributed by atoms with Gasteiger partial charge in [-0.25, -0.2) is 0 Å². The van der Waals surface area contributed by atoms with Gasteiger partial charge in [-0.2, -0.15) is 0 Å². The largest absolute Gasteiger partial charge is 0.380 e. The fourth-order valence-electron chi connectivity index (χ4n) is 2.08. The van der Waals surface area contributed by atoms with Crippen molar-refractivity contribution in [1.29, 1.82) is 0 Å². The van der Waals surface area contributed by atoms with Gasteiger partial charge in [-0.05, 0) is 48.2 Å². The van der Waals surface area contributed by atoms with Crippen LogP contribution in [0, 0.1) is 6.92 Å². The number of pyridine rings is 1. The Kier molecular flexibility index (Phi) is 2.73. The average Bonchev–Trinajstić information content (AvgIpc) is 2.85. The van der Waals surface area contributed by atoms with Crippen LogP contribution in [0.2, 0.25) is 0 Å². The molecule has 1 aromatic carbocycles. The van der Waals surface area contributed by atoms with Crippen molar-refractivity contribution in [3.8, 4) is 0 Å². The van der Waals surface area contributed by atoms with Crippen LogP contribution in [-0.2, 0) is 6.54 Å². The van der Waals surface area contributed by atoms with Crippen LogP contribution in [-0.4, -0.2) is 9.97 Å². The molecule has 3 aromatic rings. The highest BCUT2D eigenvalue weighted by Gasteiger charge is 1.99. The molecule has 2 N–H and O–H groups in total. The predicted molar refractivity (Wildman–Crippen MR) is 74.6 cm³/mol. The molecule has 0 unspecified atom stereocenters. The highest BCUT2D eigenvalue weighted by Crippen LogP contribution is 2.16. The van der Waals surface area contributed by atoms with Crippen molar-refractivity contribution >= 4 is 16.6 Å². The Morgan fingerprint density at radius 3 is 3.06 bits per heavy atom. The van der Waals surface area contributed by atoms with Crippen molar-refractivity contribution in [1.82, 2.24) is 9.97 Å². The van der Waals surface area contributed by atoms with Gasteiger partial charge >= 0.3 is 0 Å². The number of benzene rings is 1. The number of aromatic amines is 1. The summed E-state index contributed by atoms with van der Waals surface area (Å²) < 4.78 is 0. The molecule has 2 aromatic heterocycles. The number of fused-ring (bicyclic) bond motifs is 1. The Bertz CT molecular complexity index is 670. The smallest absolute Gasteiger partial charge is 0.0603 e. The van der Waals surface area contributed by atoms with Gasteiger partial charge in [0.15, 0.2) is 0 Å². The number of anilines is 1. The highest BCUT2D eigenvalue weighted by molar-refractivity contribution is 5.79. The van der Waals surface area contributed by atoms with Crippen LogP contribution in [0.15, 0.2) is 48.8 Å². The summed E-state index contributed by atoms with van der Waals surface area (Å²) in [5.74, 6) is 0. The number of hydrogen-bond donors (Lipinski definition) is 2. The van der Waals surface area contributed by atoms with Gasteiger partial charge in [0.2, 0.25) is 0 Å². The van der Waals surface area contributed by atoms with Crippen LogP contribution < -0.4 is 5.32 Å². The first kappa shape index (κ1) is 10.8. The van der Waals surface area contributed by atoms with Gasteiger partial charge < -0.3 is 10.3 Å².